The van der Waals surface area contributed by atoms with Crippen molar-refractivity contribution in [2.24, 2.45) is 0 Å². The number of anilines is 1. The van der Waals surface area contributed by atoms with Gasteiger partial charge >= 0.3 is 0 Å². The Morgan fingerprint density at radius 3 is 2.97 bits per heavy atom. The monoisotopic (exact) mass is 431 g/mol. The summed E-state index contributed by atoms with van der Waals surface area (Å²) in [6.45, 7) is 6.02. The number of hydrogen-bond acceptors (Lipinski definition) is 6. The molecule has 3 aliphatic heterocycles. The Bertz CT molecular complexity index is 1220. The standard InChI is InChI=1S/C24H26FN7/c1-15-12-30(22-5-3-18(9-26)32-23(22)6-7-28-32)14-24-19-4-2-17(8-16(19)13-31(15)24)29-21-11-27-10-20(21)25/h2-3,5-8,15,20-21,27,29H,4,10-14H2,1H3/t15-,20-,21+/m1/s1. The molecule has 6 rings (SSSR count). The van der Waals surface area contributed by atoms with Gasteiger partial charge < -0.3 is 20.4 Å². The molecular weight excluding hydrogens is 405 g/mol. The molecule has 2 saturated heterocycles. The molecule has 7 nitrogen and oxygen atoms in total. The SMILES string of the molecule is C[C@@H]1CN(c2ccc(C#N)n3nccc23)CC2=C3CC=C(N[C@H]4CNC[C@H]4F)C=C3CN21. The highest BCUT2D eigenvalue weighted by Gasteiger charge is 2.37. The average Bonchev–Trinajstić information content (AvgIpc) is 3.52. The van der Waals surface area contributed by atoms with Gasteiger partial charge in [-0.1, -0.05) is 6.08 Å². The number of fused-ring (bicyclic) bond motifs is 3. The molecule has 0 spiro atoms. The number of nitriles is 1. The minimum absolute atomic E-state index is 0.153. The maximum atomic E-state index is 14.0. The Morgan fingerprint density at radius 2 is 2.16 bits per heavy atom. The molecule has 2 aromatic heterocycles. The van der Waals surface area contributed by atoms with Crippen molar-refractivity contribution < 1.29 is 4.39 Å². The van der Waals surface area contributed by atoms with Gasteiger partial charge in [-0.05, 0) is 48.8 Å². The van der Waals surface area contributed by atoms with Crippen LogP contribution in [-0.4, -0.2) is 65.5 Å². The van der Waals surface area contributed by atoms with E-state index < -0.39 is 6.17 Å². The average molecular weight is 432 g/mol. The van der Waals surface area contributed by atoms with Gasteiger partial charge in [0, 0.05) is 43.6 Å². The molecule has 5 heterocycles. The van der Waals surface area contributed by atoms with Crippen molar-refractivity contribution in [3.8, 4) is 6.07 Å². The lowest BCUT2D eigenvalue weighted by molar-refractivity contribution is 0.274. The third kappa shape index (κ3) is 3.00. The molecule has 2 aromatic rings. The Kier molecular flexibility index (Phi) is 4.47. The van der Waals surface area contributed by atoms with E-state index in [1.165, 1.54) is 16.8 Å². The van der Waals surface area contributed by atoms with Crippen LogP contribution in [0.4, 0.5) is 10.1 Å². The van der Waals surface area contributed by atoms with E-state index in [0.717, 1.165) is 43.0 Å². The van der Waals surface area contributed by atoms with Crippen molar-refractivity contribution in [2.45, 2.75) is 31.6 Å². The molecule has 164 valence electrons. The normalized spacial score (nSPS) is 27.2. The van der Waals surface area contributed by atoms with Crippen molar-refractivity contribution in [2.75, 3.05) is 37.6 Å². The van der Waals surface area contributed by atoms with E-state index in [2.05, 4.69) is 50.7 Å². The van der Waals surface area contributed by atoms with Gasteiger partial charge in [0.15, 0.2) is 0 Å². The summed E-state index contributed by atoms with van der Waals surface area (Å²) in [6.07, 6.45) is 6.18. The molecule has 2 N–H and O–H groups in total. The number of halogens is 1. The third-order valence-corrected chi connectivity index (χ3v) is 7.12. The van der Waals surface area contributed by atoms with Crippen LogP contribution in [0.5, 0.6) is 0 Å². The van der Waals surface area contributed by atoms with E-state index in [4.69, 9.17) is 0 Å². The molecule has 2 fully saturated rings. The Hall–Kier alpha value is -3.31. The van der Waals surface area contributed by atoms with Crippen molar-refractivity contribution in [1.82, 2.24) is 25.1 Å². The number of alkyl halides is 1. The zero-order chi connectivity index (χ0) is 21.8. The van der Waals surface area contributed by atoms with Crippen LogP contribution in [0.15, 0.2) is 59.1 Å². The molecule has 1 aliphatic carbocycles. The van der Waals surface area contributed by atoms with Crippen LogP contribution in [0.3, 0.4) is 0 Å². The highest BCUT2D eigenvalue weighted by Crippen LogP contribution is 2.39. The first kappa shape index (κ1) is 19.4. The van der Waals surface area contributed by atoms with Gasteiger partial charge in [-0.15, -0.1) is 0 Å². The Morgan fingerprint density at radius 1 is 1.25 bits per heavy atom. The molecule has 3 atom stereocenters. The number of pyridine rings is 1. The molecule has 0 saturated carbocycles. The number of hydrogen-bond donors (Lipinski definition) is 2. The lowest BCUT2D eigenvalue weighted by atomic mass is 9.96. The second-order valence-electron chi connectivity index (χ2n) is 9.08. The minimum Gasteiger partial charge on any atom is -0.378 e. The molecule has 4 aliphatic rings. The lowest BCUT2D eigenvalue weighted by Crippen LogP contribution is -2.49. The largest absolute Gasteiger partial charge is 0.378 e. The zero-order valence-electron chi connectivity index (χ0n) is 18.1. The molecule has 0 aromatic carbocycles. The number of rotatable bonds is 3. The second-order valence-corrected chi connectivity index (χ2v) is 9.08. The molecule has 0 unspecified atom stereocenters. The summed E-state index contributed by atoms with van der Waals surface area (Å²) in [5.41, 5.74) is 7.76. The van der Waals surface area contributed by atoms with E-state index in [-0.39, 0.29) is 6.04 Å². The summed E-state index contributed by atoms with van der Waals surface area (Å²) in [5.74, 6) is 0. The summed E-state index contributed by atoms with van der Waals surface area (Å²) in [4.78, 5) is 4.92. The predicted molar refractivity (Wildman–Crippen MR) is 121 cm³/mol. The van der Waals surface area contributed by atoms with E-state index in [0.29, 0.717) is 24.8 Å². The first-order valence-electron chi connectivity index (χ1n) is 11.3. The zero-order valence-corrected chi connectivity index (χ0v) is 18.1. The fourth-order valence-electron chi connectivity index (χ4n) is 5.49. The molecule has 8 heteroatoms. The van der Waals surface area contributed by atoms with Crippen molar-refractivity contribution in [1.29, 1.82) is 5.26 Å². The van der Waals surface area contributed by atoms with E-state index >= 15 is 0 Å². The number of allylic oxidation sites excluding steroid dienone is 2. The van der Waals surface area contributed by atoms with Gasteiger partial charge in [0.25, 0.3) is 0 Å². The first-order chi connectivity index (χ1) is 15.6. The second kappa shape index (κ2) is 7.38. The molecule has 0 amide bonds. The molecule has 0 radical (unpaired) electrons. The lowest BCUT2D eigenvalue weighted by Gasteiger charge is -2.42. The highest BCUT2D eigenvalue weighted by atomic mass is 19.1. The third-order valence-electron chi connectivity index (χ3n) is 7.12. The smallest absolute Gasteiger partial charge is 0.142 e. The number of aromatic nitrogens is 2. The van der Waals surface area contributed by atoms with Gasteiger partial charge in [-0.2, -0.15) is 10.4 Å². The van der Waals surface area contributed by atoms with Gasteiger partial charge in [-0.25, -0.2) is 8.91 Å². The minimum atomic E-state index is -0.842. The van der Waals surface area contributed by atoms with Crippen LogP contribution in [0.1, 0.15) is 19.0 Å². The molecule has 0 bridgehead atoms. The number of piperazine rings is 1. The quantitative estimate of drug-likeness (QED) is 0.776. The first-order valence-corrected chi connectivity index (χ1v) is 11.3. The maximum Gasteiger partial charge on any atom is 0.142 e. The fraction of sp³-hybridized carbons (Fsp3) is 0.417. The van der Waals surface area contributed by atoms with Gasteiger partial charge in [0.05, 0.1) is 30.0 Å². The molecular formula is C24H26FN7. The Balaban J connectivity index is 1.29. The number of nitrogens with one attached hydrogen (secondary N) is 2. The van der Waals surface area contributed by atoms with Crippen LogP contribution in [0.2, 0.25) is 0 Å². The van der Waals surface area contributed by atoms with Gasteiger partial charge in [0.1, 0.15) is 17.9 Å². The van der Waals surface area contributed by atoms with E-state index in [9.17, 15) is 9.65 Å². The summed E-state index contributed by atoms with van der Waals surface area (Å²) in [6, 6.07) is 8.29. The van der Waals surface area contributed by atoms with E-state index in [1.54, 1.807) is 10.7 Å². The van der Waals surface area contributed by atoms with Crippen molar-refractivity contribution in [3.63, 3.8) is 0 Å². The van der Waals surface area contributed by atoms with Crippen LogP contribution >= 0.6 is 0 Å². The summed E-state index contributed by atoms with van der Waals surface area (Å²) in [5, 5.41) is 20.2. The maximum absolute atomic E-state index is 14.0. The van der Waals surface area contributed by atoms with Gasteiger partial charge in [-0.3, -0.25) is 0 Å². The summed E-state index contributed by atoms with van der Waals surface area (Å²) >= 11 is 0. The van der Waals surface area contributed by atoms with Crippen LogP contribution < -0.4 is 15.5 Å². The van der Waals surface area contributed by atoms with Crippen molar-refractivity contribution in [3.05, 3.63) is 64.8 Å². The fourth-order valence-corrected chi connectivity index (χ4v) is 5.49. The van der Waals surface area contributed by atoms with Gasteiger partial charge in [0.2, 0.25) is 0 Å². The molecule has 32 heavy (non-hydrogen) atoms. The van der Waals surface area contributed by atoms with Crippen molar-refractivity contribution >= 4 is 11.2 Å². The predicted octanol–water partition coefficient (Wildman–Crippen LogP) is 2.10. The summed E-state index contributed by atoms with van der Waals surface area (Å²) in [7, 11) is 0. The van der Waals surface area contributed by atoms with Crippen LogP contribution in [0, 0.1) is 11.3 Å². The summed E-state index contributed by atoms with van der Waals surface area (Å²) < 4.78 is 15.7. The Labute approximate surface area is 186 Å². The highest BCUT2D eigenvalue weighted by molar-refractivity contribution is 5.74. The van der Waals surface area contributed by atoms with E-state index in [1.807, 2.05) is 18.2 Å². The topological polar surface area (TPSA) is 71.6 Å². The number of nitrogens with zero attached hydrogens (tertiary/aromatic N) is 5. The van der Waals surface area contributed by atoms with Crippen LogP contribution in [-0.2, 0) is 0 Å². The van der Waals surface area contributed by atoms with Crippen LogP contribution in [0.25, 0.3) is 5.52 Å².